The first kappa shape index (κ1) is 32.7. The molecule has 0 saturated carbocycles. The number of rotatable bonds is 8. The summed E-state index contributed by atoms with van der Waals surface area (Å²) in [5.41, 5.74) is 3.94. The van der Waals surface area contributed by atoms with Crippen molar-refractivity contribution in [3.63, 3.8) is 0 Å². The summed E-state index contributed by atoms with van der Waals surface area (Å²) in [4.78, 5) is 34.6. The van der Waals surface area contributed by atoms with E-state index in [9.17, 15) is 45.7 Å². The molecule has 5 heterocycles. The van der Waals surface area contributed by atoms with E-state index in [-0.39, 0.29) is 58.9 Å². The Hall–Kier alpha value is -4.64. The Bertz CT molecular complexity index is 2420. The van der Waals surface area contributed by atoms with Gasteiger partial charge in [0, 0.05) is 46.0 Å². The van der Waals surface area contributed by atoms with Crippen molar-refractivity contribution in [2.24, 2.45) is 0 Å². The number of hydrogen-bond donors (Lipinski definition) is 8. The van der Waals surface area contributed by atoms with E-state index in [1.807, 2.05) is 0 Å². The highest BCUT2D eigenvalue weighted by atomic mass is 32.2. The minimum atomic E-state index is -4.81. The van der Waals surface area contributed by atoms with Gasteiger partial charge in [-0.3, -0.25) is 18.7 Å². The van der Waals surface area contributed by atoms with Crippen LogP contribution in [0.4, 0.5) is 0 Å². The van der Waals surface area contributed by atoms with Crippen LogP contribution in [0.1, 0.15) is 69.0 Å². The molecule has 0 amide bonds. The van der Waals surface area contributed by atoms with Crippen LogP contribution in [0.3, 0.4) is 0 Å². The Morgan fingerprint density at radius 3 is 1.59 bits per heavy atom. The van der Waals surface area contributed by atoms with Crippen molar-refractivity contribution >= 4 is 56.5 Å². The molecule has 5 rings (SSSR count). The zero-order valence-electron chi connectivity index (χ0n) is 25.2. The summed E-state index contributed by atoms with van der Waals surface area (Å²) in [6.07, 6.45) is 5.96. The first-order chi connectivity index (χ1) is 21.4. The Kier molecular flexibility index (Phi) is 8.27. The van der Waals surface area contributed by atoms with Crippen LogP contribution in [0.25, 0.3) is 24.3 Å². The van der Waals surface area contributed by atoms with Crippen molar-refractivity contribution in [3.8, 4) is 0 Å². The quantitative estimate of drug-likeness (QED) is 0.105. The van der Waals surface area contributed by atoms with Gasteiger partial charge in [-0.25, -0.2) is 0 Å². The van der Waals surface area contributed by atoms with Gasteiger partial charge in [0.1, 0.15) is 9.79 Å². The third-order valence-corrected chi connectivity index (χ3v) is 10.4. The molecule has 0 unspecified atom stereocenters. The Morgan fingerprint density at radius 2 is 1.00 bits per heavy atom. The van der Waals surface area contributed by atoms with Gasteiger partial charge in [0.2, 0.25) is 0 Å². The van der Waals surface area contributed by atoms with Crippen LogP contribution in [0.5, 0.6) is 0 Å². The van der Waals surface area contributed by atoms with E-state index in [0.717, 1.165) is 0 Å². The average Bonchev–Trinajstić information content (AvgIpc) is 3.59. The second-order valence-corrected chi connectivity index (χ2v) is 14.0. The van der Waals surface area contributed by atoms with Crippen molar-refractivity contribution in [2.75, 3.05) is 0 Å². The van der Waals surface area contributed by atoms with Gasteiger partial charge in [-0.05, 0) is 98.2 Å². The number of aromatic amines is 4. The van der Waals surface area contributed by atoms with Gasteiger partial charge in [0.25, 0.3) is 20.2 Å². The number of H-pyrrole nitrogens is 4. The fraction of sp³-hybridized carbons (Fsp3) is 0.267. The van der Waals surface area contributed by atoms with Gasteiger partial charge in [-0.2, -0.15) is 16.8 Å². The maximum atomic E-state index is 12.6. The summed E-state index contributed by atoms with van der Waals surface area (Å²) in [5.74, 6) is -2.04. The minimum Gasteiger partial charge on any atom is -0.481 e. The molecular formula is C30H32N4O10S2. The highest BCUT2D eigenvalue weighted by Crippen LogP contribution is 2.26. The van der Waals surface area contributed by atoms with Crippen LogP contribution < -0.4 is 21.4 Å². The summed E-state index contributed by atoms with van der Waals surface area (Å²) in [6.45, 7) is 6.42. The molecule has 8 N–H and O–H groups in total. The molecule has 0 radical (unpaired) electrons. The topological polar surface area (TPSA) is 246 Å². The van der Waals surface area contributed by atoms with E-state index in [1.54, 1.807) is 26.0 Å². The molecule has 4 aromatic heterocycles. The lowest BCUT2D eigenvalue weighted by Gasteiger charge is -2.01. The van der Waals surface area contributed by atoms with Crippen molar-refractivity contribution in [1.82, 2.24) is 19.9 Å². The van der Waals surface area contributed by atoms with Crippen molar-refractivity contribution in [3.05, 3.63) is 77.6 Å². The second-order valence-electron chi connectivity index (χ2n) is 11.2. The summed E-state index contributed by atoms with van der Waals surface area (Å²) in [5, 5.41) is 20.0. The number of carboxylic acid groups (broad SMARTS) is 2. The van der Waals surface area contributed by atoms with Crippen LogP contribution in [0.2, 0.25) is 0 Å². The normalized spacial score (nSPS) is 13.0. The monoisotopic (exact) mass is 672 g/mol. The molecular weight excluding hydrogens is 640 g/mol. The summed E-state index contributed by atoms with van der Waals surface area (Å²) in [7, 11) is -9.60. The van der Waals surface area contributed by atoms with E-state index < -0.39 is 42.0 Å². The number of hydrogen-bond acceptors (Lipinski definition) is 6. The maximum absolute atomic E-state index is 12.6. The second kappa shape index (κ2) is 11.6. The van der Waals surface area contributed by atoms with E-state index >= 15 is 0 Å². The molecule has 14 nitrogen and oxygen atoms in total. The largest absolute Gasteiger partial charge is 0.481 e. The molecule has 0 aromatic carbocycles. The standard InChI is InChI=1S/C30H32N4O10S2/c1-13-17(5-7-27(35)36)23-12-24-18(6-8-28(37)38)14(2)20(32-24)10-25-30(46(42,43)44)16(4)22(34-25)11-26-29(45(39,40)41)15(3)21(33-26)9-19(13)31-23/h9-12,31-34H,5-8H2,1-4H3,(H,35,36)(H,37,38)(H,39,40,41)(H,42,43,44). The third-order valence-electron chi connectivity index (χ3n) is 8.27. The van der Waals surface area contributed by atoms with Gasteiger partial charge < -0.3 is 30.1 Å². The van der Waals surface area contributed by atoms with Gasteiger partial charge in [0.05, 0.1) is 11.0 Å². The highest BCUT2D eigenvalue weighted by Gasteiger charge is 2.25. The average molecular weight is 673 g/mol. The molecule has 1 aliphatic heterocycles. The smallest absolute Gasteiger partial charge is 0.303 e. The van der Waals surface area contributed by atoms with Crippen molar-refractivity contribution in [2.45, 2.75) is 63.2 Å². The lowest BCUT2D eigenvalue weighted by Crippen LogP contribution is -2.15. The number of carboxylic acids is 2. The molecule has 46 heavy (non-hydrogen) atoms. The molecule has 0 atom stereocenters. The van der Waals surface area contributed by atoms with E-state index in [0.29, 0.717) is 44.3 Å². The number of aromatic nitrogens is 4. The van der Waals surface area contributed by atoms with E-state index in [1.165, 1.54) is 26.0 Å². The first-order valence-corrected chi connectivity index (χ1v) is 16.9. The molecule has 0 fully saturated rings. The Balaban J connectivity index is 1.99. The molecule has 1 aliphatic rings. The zero-order chi connectivity index (χ0) is 33.9. The minimum absolute atomic E-state index is 0.0392. The van der Waals surface area contributed by atoms with Crippen molar-refractivity contribution in [1.29, 1.82) is 0 Å². The van der Waals surface area contributed by atoms with Crippen LogP contribution in [-0.4, -0.2) is 68.0 Å². The predicted octanol–water partition coefficient (Wildman–Crippen LogP) is 0.389. The highest BCUT2D eigenvalue weighted by molar-refractivity contribution is 7.86. The fourth-order valence-corrected chi connectivity index (χ4v) is 7.74. The number of nitrogens with one attached hydrogen (secondary N) is 4. The lowest BCUT2D eigenvalue weighted by molar-refractivity contribution is -0.138. The maximum Gasteiger partial charge on any atom is 0.303 e. The predicted molar refractivity (Wildman–Crippen MR) is 166 cm³/mol. The molecule has 244 valence electrons. The zero-order valence-corrected chi connectivity index (χ0v) is 26.8. The molecule has 0 spiro atoms. The molecule has 0 aliphatic carbocycles. The molecule has 8 bridgehead atoms. The SMILES string of the molecule is Cc1c2[nH]c(c1CCC(=O)O)C=c1[nH]c(c(C)c1CCC(=O)O)=Cc1[nH]c(c(S(=O)(=O)O)c1C)C=c1[nH]c(c(S(=O)(=O)O)c1C)=C2. The van der Waals surface area contributed by atoms with Gasteiger partial charge in [-0.1, -0.05) is 0 Å². The molecule has 16 heteroatoms. The number of aliphatic carboxylic acids is 2. The first-order valence-electron chi connectivity index (χ1n) is 14.0. The van der Waals surface area contributed by atoms with Crippen LogP contribution in [-0.2, 0) is 42.7 Å². The Labute approximate surface area is 262 Å². The third kappa shape index (κ3) is 6.11. The molecule has 4 aromatic rings. The van der Waals surface area contributed by atoms with E-state index in [2.05, 4.69) is 19.9 Å². The summed E-state index contributed by atoms with van der Waals surface area (Å²) < 4.78 is 70.6. The number of fused-ring (bicyclic) bond motifs is 8. The molecule has 0 saturated heterocycles. The number of carbonyl (C=O) groups is 2. The van der Waals surface area contributed by atoms with E-state index in [4.69, 9.17) is 0 Å². The van der Waals surface area contributed by atoms with Gasteiger partial charge in [0.15, 0.2) is 0 Å². The summed E-state index contributed by atoms with van der Waals surface area (Å²) >= 11 is 0. The summed E-state index contributed by atoms with van der Waals surface area (Å²) in [6, 6.07) is 0. The van der Waals surface area contributed by atoms with Crippen LogP contribution in [0.15, 0.2) is 9.79 Å². The van der Waals surface area contributed by atoms with Crippen LogP contribution in [0, 0.1) is 27.7 Å². The Morgan fingerprint density at radius 1 is 0.543 bits per heavy atom. The van der Waals surface area contributed by atoms with Crippen LogP contribution >= 0.6 is 0 Å². The van der Waals surface area contributed by atoms with Gasteiger partial charge >= 0.3 is 11.9 Å². The van der Waals surface area contributed by atoms with Gasteiger partial charge in [-0.15, -0.1) is 0 Å². The lowest BCUT2D eigenvalue weighted by atomic mass is 10.0. The fourth-order valence-electron chi connectivity index (χ4n) is 5.97. The van der Waals surface area contributed by atoms with Crippen molar-refractivity contribution < 1.29 is 45.7 Å².